The molecule has 21 heavy (non-hydrogen) atoms. The summed E-state index contributed by atoms with van der Waals surface area (Å²) in [4.78, 5) is 16.0. The highest BCUT2D eigenvalue weighted by Crippen LogP contribution is 2.27. The first-order valence-electron chi connectivity index (χ1n) is 6.84. The number of aryl methyl sites for hydroxylation is 1. The van der Waals surface area contributed by atoms with Crippen LogP contribution in [0.15, 0.2) is 18.5 Å². The smallest absolute Gasteiger partial charge is 0.340 e. The number of imidazole rings is 1. The van der Waals surface area contributed by atoms with Crippen LogP contribution in [0.2, 0.25) is 0 Å². The van der Waals surface area contributed by atoms with Gasteiger partial charge in [-0.15, -0.1) is 0 Å². The van der Waals surface area contributed by atoms with Crippen molar-refractivity contribution in [3.63, 3.8) is 0 Å². The first kappa shape index (κ1) is 13.6. The van der Waals surface area contributed by atoms with Crippen LogP contribution in [0.5, 0.6) is 0 Å². The molecule has 1 aromatic heterocycles. The summed E-state index contributed by atoms with van der Waals surface area (Å²) in [7, 11) is 1.27. The van der Waals surface area contributed by atoms with Crippen molar-refractivity contribution in [2.45, 2.75) is 25.7 Å². The fourth-order valence-corrected chi connectivity index (χ4v) is 2.73. The van der Waals surface area contributed by atoms with Crippen LogP contribution in [-0.4, -0.2) is 22.6 Å². The number of fused-ring (bicyclic) bond motifs is 1. The molecule has 2 N–H and O–H groups in total. The molecule has 0 radical (unpaired) electrons. The lowest BCUT2D eigenvalue weighted by Gasteiger charge is -2.15. The Morgan fingerprint density at radius 3 is 2.90 bits per heavy atom. The topological polar surface area (TPSA) is 70.1 Å². The van der Waals surface area contributed by atoms with Crippen LogP contribution >= 0.6 is 0 Å². The molecule has 0 saturated heterocycles. The van der Waals surface area contributed by atoms with Gasteiger partial charge >= 0.3 is 5.97 Å². The number of carbonyl (C=O) groups is 1. The van der Waals surface area contributed by atoms with Gasteiger partial charge in [0.2, 0.25) is 0 Å². The number of rotatable bonds is 2. The summed E-state index contributed by atoms with van der Waals surface area (Å²) >= 11 is 0. The Morgan fingerprint density at radius 1 is 1.38 bits per heavy atom. The molecular formula is C15H16FN3O2. The number of esters is 1. The Balaban J connectivity index is 2.14. The highest BCUT2D eigenvalue weighted by atomic mass is 19.1. The van der Waals surface area contributed by atoms with Gasteiger partial charge in [0, 0.05) is 11.4 Å². The second-order valence-corrected chi connectivity index (χ2v) is 5.10. The van der Waals surface area contributed by atoms with Crippen molar-refractivity contribution in [3.05, 3.63) is 41.2 Å². The largest absolute Gasteiger partial charge is 0.465 e. The van der Waals surface area contributed by atoms with Gasteiger partial charge in [-0.05, 0) is 37.8 Å². The van der Waals surface area contributed by atoms with Gasteiger partial charge in [-0.3, -0.25) is 0 Å². The normalized spacial score (nSPS) is 13.8. The van der Waals surface area contributed by atoms with Crippen molar-refractivity contribution in [2.24, 2.45) is 0 Å². The Kier molecular flexibility index (Phi) is 3.37. The number of anilines is 1. The number of ether oxygens (including phenoxy) is 1. The first-order chi connectivity index (χ1) is 10.1. The molecule has 1 heterocycles. The van der Waals surface area contributed by atoms with Gasteiger partial charge < -0.3 is 15.0 Å². The maximum atomic E-state index is 14.3. The summed E-state index contributed by atoms with van der Waals surface area (Å²) in [5, 5.41) is 0. The van der Waals surface area contributed by atoms with E-state index >= 15 is 0 Å². The van der Waals surface area contributed by atoms with E-state index in [2.05, 4.69) is 9.72 Å². The molecule has 3 rings (SSSR count). The van der Waals surface area contributed by atoms with E-state index in [1.807, 2.05) is 0 Å². The number of halogens is 1. The molecule has 5 nitrogen and oxygen atoms in total. The SMILES string of the molecule is COC(=O)c1cc(-n2cnc3c2CCCC3)c(F)cc1N. The maximum absolute atomic E-state index is 14.3. The van der Waals surface area contributed by atoms with Gasteiger partial charge in [0.15, 0.2) is 0 Å². The number of hydrogen-bond donors (Lipinski definition) is 1. The van der Waals surface area contributed by atoms with Gasteiger partial charge in [0.05, 0.1) is 30.4 Å². The average molecular weight is 289 g/mol. The Bertz CT molecular complexity index is 709. The van der Waals surface area contributed by atoms with E-state index in [0.717, 1.165) is 43.1 Å². The Labute approximate surface area is 121 Å². The van der Waals surface area contributed by atoms with Crippen molar-refractivity contribution in [3.8, 4) is 5.69 Å². The van der Waals surface area contributed by atoms with E-state index in [1.165, 1.54) is 13.2 Å². The van der Waals surface area contributed by atoms with Crippen molar-refractivity contribution >= 4 is 11.7 Å². The predicted octanol–water partition coefficient (Wildman–Crippen LogP) is 2.26. The number of benzene rings is 1. The molecule has 2 aromatic rings. The predicted molar refractivity (Wildman–Crippen MR) is 75.9 cm³/mol. The summed E-state index contributed by atoms with van der Waals surface area (Å²) in [6.07, 6.45) is 5.52. The molecule has 0 amide bonds. The summed E-state index contributed by atoms with van der Waals surface area (Å²) in [5.74, 6) is -1.06. The molecule has 0 fully saturated rings. The molecule has 0 saturated carbocycles. The van der Waals surface area contributed by atoms with E-state index in [0.29, 0.717) is 0 Å². The van der Waals surface area contributed by atoms with Crippen LogP contribution in [0.4, 0.5) is 10.1 Å². The third-order valence-electron chi connectivity index (χ3n) is 3.81. The molecule has 1 aliphatic carbocycles. The van der Waals surface area contributed by atoms with Gasteiger partial charge in [0.25, 0.3) is 0 Å². The highest BCUT2D eigenvalue weighted by molar-refractivity contribution is 5.95. The van der Waals surface area contributed by atoms with Crippen LogP contribution in [-0.2, 0) is 17.6 Å². The van der Waals surface area contributed by atoms with Crippen LogP contribution in [0.1, 0.15) is 34.6 Å². The minimum Gasteiger partial charge on any atom is -0.465 e. The fourth-order valence-electron chi connectivity index (χ4n) is 2.73. The molecule has 0 atom stereocenters. The monoisotopic (exact) mass is 289 g/mol. The zero-order valence-electron chi connectivity index (χ0n) is 11.7. The Hall–Kier alpha value is -2.37. The zero-order chi connectivity index (χ0) is 15.0. The molecule has 0 bridgehead atoms. The van der Waals surface area contributed by atoms with Crippen molar-refractivity contribution in [1.82, 2.24) is 9.55 Å². The number of nitrogens with two attached hydrogens (primary N) is 1. The van der Waals surface area contributed by atoms with Gasteiger partial charge in [-0.2, -0.15) is 0 Å². The number of nitrogens with zero attached hydrogens (tertiary/aromatic N) is 2. The fraction of sp³-hybridized carbons (Fsp3) is 0.333. The van der Waals surface area contributed by atoms with E-state index in [1.54, 1.807) is 10.9 Å². The molecule has 0 aliphatic heterocycles. The van der Waals surface area contributed by atoms with E-state index in [9.17, 15) is 9.18 Å². The average Bonchev–Trinajstić information content (AvgIpc) is 2.90. The van der Waals surface area contributed by atoms with Crippen LogP contribution in [0, 0.1) is 5.82 Å². The number of methoxy groups -OCH3 is 1. The molecule has 0 spiro atoms. The second-order valence-electron chi connectivity index (χ2n) is 5.10. The van der Waals surface area contributed by atoms with Crippen LogP contribution < -0.4 is 5.73 Å². The molecule has 6 heteroatoms. The Morgan fingerprint density at radius 2 is 2.14 bits per heavy atom. The van der Waals surface area contributed by atoms with E-state index in [4.69, 9.17) is 5.73 Å². The molecule has 1 aromatic carbocycles. The minimum atomic E-state index is -0.581. The van der Waals surface area contributed by atoms with E-state index < -0.39 is 11.8 Å². The quantitative estimate of drug-likeness (QED) is 0.680. The minimum absolute atomic E-state index is 0.0667. The van der Waals surface area contributed by atoms with Crippen molar-refractivity contribution in [2.75, 3.05) is 12.8 Å². The molecule has 1 aliphatic rings. The third kappa shape index (κ3) is 2.26. The second kappa shape index (κ2) is 5.20. The summed E-state index contributed by atoms with van der Waals surface area (Å²) < 4.78 is 20.6. The number of aromatic nitrogens is 2. The van der Waals surface area contributed by atoms with Gasteiger partial charge in [-0.25, -0.2) is 14.2 Å². The third-order valence-corrected chi connectivity index (χ3v) is 3.81. The zero-order valence-corrected chi connectivity index (χ0v) is 11.7. The van der Waals surface area contributed by atoms with Crippen molar-refractivity contribution in [1.29, 1.82) is 0 Å². The first-order valence-corrected chi connectivity index (χ1v) is 6.84. The number of hydrogen-bond acceptors (Lipinski definition) is 4. The maximum Gasteiger partial charge on any atom is 0.340 e. The van der Waals surface area contributed by atoms with Crippen molar-refractivity contribution < 1.29 is 13.9 Å². The summed E-state index contributed by atoms with van der Waals surface area (Å²) in [6.45, 7) is 0. The lowest BCUT2D eigenvalue weighted by Crippen LogP contribution is -2.11. The number of carbonyl (C=O) groups excluding carboxylic acids is 1. The summed E-state index contributed by atoms with van der Waals surface area (Å²) in [6, 6.07) is 2.57. The standard InChI is InChI=1S/C15H16FN3O2/c1-21-15(20)9-6-14(10(16)7-11(9)17)19-8-18-12-4-2-3-5-13(12)19/h6-8H,2-5,17H2,1H3. The highest BCUT2D eigenvalue weighted by Gasteiger charge is 2.20. The lowest BCUT2D eigenvalue weighted by molar-refractivity contribution is 0.0602. The number of nitrogen functional groups attached to an aromatic ring is 1. The molecular weight excluding hydrogens is 273 g/mol. The van der Waals surface area contributed by atoms with Gasteiger partial charge in [-0.1, -0.05) is 0 Å². The summed E-state index contributed by atoms with van der Waals surface area (Å²) in [5.41, 5.74) is 8.19. The lowest BCUT2D eigenvalue weighted by atomic mass is 10.0. The van der Waals surface area contributed by atoms with Crippen LogP contribution in [0.25, 0.3) is 5.69 Å². The van der Waals surface area contributed by atoms with Gasteiger partial charge in [0.1, 0.15) is 5.82 Å². The van der Waals surface area contributed by atoms with E-state index in [-0.39, 0.29) is 16.9 Å². The molecule has 0 unspecified atom stereocenters. The van der Waals surface area contributed by atoms with Crippen LogP contribution in [0.3, 0.4) is 0 Å². The molecule has 110 valence electrons.